The molecule has 1 aromatic rings. The number of hydrogen-bond acceptors (Lipinski definition) is 19. The van der Waals surface area contributed by atoms with Gasteiger partial charge < -0.3 is 58.0 Å². The highest BCUT2D eigenvalue weighted by molar-refractivity contribution is 5.81. The smallest absolute Gasteiger partial charge is 0.347 e. The normalized spacial score (nSPS) is 43.9. The number of rotatable bonds is 9. The van der Waals surface area contributed by atoms with Crippen LogP contribution in [-0.4, -0.2) is 122 Å². The first-order valence-corrected chi connectivity index (χ1v) is 17.8. The van der Waals surface area contributed by atoms with E-state index in [9.17, 15) is 54.0 Å². The van der Waals surface area contributed by atoms with Crippen LogP contribution in [0, 0.1) is 28.1 Å². The molecule has 4 aliphatic carbocycles. The molecule has 4 N–H and O–H groups in total. The molecule has 308 valence electrons. The number of esters is 7. The maximum Gasteiger partial charge on any atom is 0.347 e. The highest BCUT2D eigenvalue weighted by Gasteiger charge is 3.01. The standard InChI is InChI=1S/C37H46O19/c1-15(38)51-23(28(44)49-9)24-31(6)14-34(46)33(24,8)37(48)27(54-18(4)41)26(53-17(3)40)32(7,25(52-16(2)39)20-10-11-50-13-20)21-12-22(43)56-36(21,37)29(45)35(34,47)30(31)55-19(5)42/h10-11,13,21,23-27,29-30,45-48H,12,14H2,1-9H3/t21-,23-,24+,25+,26+,27-,29-,30+,31-,32-,33-,34-,35-,36-,37+/m1/s1. The molecule has 19 heteroatoms. The van der Waals surface area contributed by atoms with Crippen LogP contribution in [0.4, 0.5) is 0 Å². The summed E-state index contributed by atoms with van der Waals surface area (Å²) in [4.78, 5) is 92.7. The molecule has 6 rings (SSSR count). The van der Waals surface area contributed by atoms with Crippen molar-refractivity contribution < 1.29 is 91.6 Å². The van der Waals surface area contributed by atoms with E-state index in [1.165, 1.54) is 32.4 Å². The van der Waals surface area contributed by atoms with Gasteiger partial charge in [-0.25, -0.2) is 4.79 Å². The number of methoxy groups -OCH3 is 1. The van der Waals surface area contributed by atoms with E-state index in [0.29, 0.717) is 0 Å². The van der Waals surface area contributed by atoms with Crippen LogP contribution in [0.5, 0.6) is 0 Å². The summed E-state index contributed by atoms with van der Waals surface area (Å²) in [6, 6.07) is 1.38. The molecule has 1 saturated heterocycles. The van der Waals surface area contributed by atoms with E-state index in [-0.39, 0.29) is 5.56 Å². The molecule has 4 saturated carbocycles. The lowest BCUT2D eigenvalue weighted by Gasteiger charge is -2.76. The highest BCUT2D eigenvalue weighted by Crippen LogP contribution is 2.84. The summed E-state index contributed by atoms with van der Waals surface area (Å²) >= 11 is 0. The summed E-state index contributed by atoms with van der Waals surface area (Å²) in [6.45, 7) is 8.70. The van der Waals surface area contributed by atoms with Crippen molar-refractivity contribution in [2.45, 2.75) is 127 Å². The molecule has 0 unspecified atom stereocenters. The summed E-state index contributed by atoms with van der Waals surface area (Å²) < 4.78 is 45.5. The lowest BCUT2D eigenvalue weighted by molar-refractivity contribution is -0.455. The zero-order valence-corrected chi connectivity index (χ0v) is 32.2. The fourth-order valence-electron chi connectivity index (χ4n) is 12.1. The van der Waals surface area contributed by atoms with Gasteiger partial charge in [0, 0.05) is 62.8 Å². The molecule has 2 heterocycles. The Labute approximate surface area is 319 Å². The lowest BCUT2D eigenvalue weighted by atomic mass is 9.32. The number of hydrogen-bond donors (Lipinski definition) is 4. The first-order valence-electron chi connectivity index (χ1n) is 17.8. The fourth-order valence-corrected chi connectivity index (χ4v) is 12.1. The van der Waals surface area contributed by atoms with Gasteiger partial charge in [0.05, 0.1) is 31.5 Å². The summed E-state index contributed by atoms with van der Waals surface area (Å²) in [5.74, 6) is -11.1. The zero-order chi connectivity index (χ0) is 41.9. The van der Waals surface area contributed by atoms with Gasteiger partial charge in [0.1, 0.15) is 23.9 Å². The summed E-state index contributed by atoms with van der Waals surface area (Å²) in [6.07, 6.45) is -11.8. The lowest BCUT2D eigenvalue weighted by Crippen LogP contribution is -2.97. The number of furan rings is 1. The maximum atomic E-state index is 14.1. The molecule has 5 fully saturated rings. The molecule has 1 aliphatic heterocycles. The Morgan fingerprint density at radius 2 is 1.41 bits per heavy atom. The van der Waals surface area contributed by atoms with Crippen molar-refractivity contribution in [2.24, 2.45) is 28.1 Å². The third-order valence-corrected chi connectivity index (χ3v) is 13.5. The van der Waals surface area contributed by atoms with Crippen LogP contribution in [0.3, 0.4) is 0 Å². The predicted molar refractivity (Wildman–Crippen MR) is 178 cm³/mol. The molecule has 0 amide bonds. The predicted octanol–water partition coefficient (Wildman–Crippen LogP) is -0.281. The monoisotopic (exact) mass is 794 g/mol. The molecule has 5 aliphatic rings. The van der Waals surface area contributed by atoms with E-state index in [1.54, 1.807) is 0 Å². The Kier molecular flexibility index (Phi) is 9.32. The van der Waals surface area contributed by atoms with Crippen LogP contribution in [0.15, 0.2) is 23.0 Å². The van der Waals surface area contributed by atoms with E-state index in [0.717, 1.165) is 48.7 Å². The number of fused-ring (bicyclic) bond motifs is 2. The topological polar surface area (TPSA) is 278 Å². The quantitative estimate of drug-likeness (QED) is 0.185. The van der Waals surface area contributed by atoms with E-state index in [1.807, 2.05) is 0 Å². The zero-order valence-electron chi connectivity index (χ0n) is 32.2. The molecule has 56 heavy (non-hydrogen) atoms. The number of carbonyl (C=O) groups is 7. The Hall–Kier alpha value is -4.59. The Morgan fingerprint density at radius 1 is 0.839 bits per heavy atom. The van der Waals surface area contributed by atoms with E-state index < -0.39 is 142 Å². The maximum absolute atomic E-state index is 14.1. The van der Waals surface area contributed by atoms with Crippen molar-refractivity contribution in [1.29, 1.82) is 0 Å². The van der Waals surface area contributed by atoms with Gasteiger partial charge in [-0.2, -0.15) is 0 Å². The molecule has 15 atom stereocenters. The van der Waals surface area contributed by atoms with Gasteiger partial charge in [-0.1, -0.05) is 20.8 Å². The second-order valence-electron chi connectivity index (χ2n) is 16.3. The highest BCUT2D eigenvalue weighted by atomic mass is 16.6. The minimum absolute atomic E-state index is 0.0986. The largest absolute Gasteiger partial charge is 0.472 e. The molecular weight excluding hydrogens is 748 g/mol. The van der Waals surface area contributed by atoms with Crippen LogP contribution in [0.2, 0.25) is 0 Å². The van der Waals surface area contributed by atoms with Crippen LogP contribution in [0.1, 0.15) is 79.9 Å². The average Bonchev–Trinajstić information content (AvgIpc) is 3.83. The van der Waals surface area contributed by atoms with Gasteiger partial charge in [-0.15, -0.1) is 0 Å². The fraction of sp³-hybridized carbons (Fsp3) is 0.703. The van der Waals surface area contributed by atoms with Crippen LogP contribution in [-0.2, 0) is 66.7 Å². The van der Waals surface area contributed by atoms with Gasteiger partial charge in [-0.05, 0) is 12.5 Å². The molecule has 19 nitrogen and oxygen atoms in total. The third kappa shape index (κ3) is 4.67. The van der Waals surface area contributed by atoms with Crippen molar-refractivity contribution in [3.05, 3.63) is 24.2 Å². The molecule has 2 bridgehead atoms. The van der Waals surface area contributed by atoms with Gasteiger partial charge >= 0.3 is 41.8 Å². The van der Waals surface area contributed by atoms with Gasteiger partial charge in [-0.3, -0.25) is 28.8 Å². The number of ether oxygens (including phenoxy) is 7. The first kappa shape index (κ1) is 41.1. The summed E-state index contributed by atoms with van der Waals surface area (Å²) in [5.41, 5.74) is -19.0. The molecule has 0 radical (unpaired) electrons. The van der Waals surface area contributed by atoms with Crippen LogP contribution < -0.4 is 0 Å². The molecule has 0 aromatic carbocycles. The van der Waals surface area contributed by atoms with Crippen LogP contribution in [0.25, 0.3) is 0 Å². The Morgan fingerprint density at radius 3 is 1.91 bits per heavy atom. The van der Waals surface area contributed by atoms with Crippen molar-refractivity contribution in [3.63, 3.8) is 0 Å². The third-order valence-electron chi connectivity index (χ3n) is 13.5. The van der Waals surface area contributed by atoms with Crippen molar-refractivity contribution in [1.82, 2.24) is 0 Å². The second-order valence-corrected chi connectivity index (χ2v) is 16.3. The Bertz CT molecular complexity index is 1880. The minimum atomic E-state index is -3.27. The van der Waals surface area contributed by atoms with Crippen molar-refractivity contribution in [3.8, 4) is 0 Å². The van der Waals surface area contributed by atoms with Crippen molar-refractivity contribution in [2.75, 3.05) is 7.11 Å². The van der Waals surface area contributed by atoms with Crippen molar-refractivity contribution >= 4 is 41.8 Å². The van der Waals surface area contributed by atoms with E-state index in [4.69, 9.17) is 37.6 Å². The molecular formula is C37H46O19. The molecule has 1 spiro atoms. The second kappa shape index (κ2) is 12.7. The van der Waals surface area contributed by atoms with Gasteiger partial charge in [0.2, 0.25) is 6.10 Å². The number of aliphatic hydroxyl groups is 4. The van der Waals surface area contributed by atoms with E-state index >= 15 is 0 Å². The first-order chi connectivity index (χ1) is 25.8. The van der Waals surface area contributed by atoms with Gasteiger partial charge in [0.25, 0.3) is 0 Å². The summed E-state index contributed by atoms with van der Waals surface area (Å²) in [5, 5.41) is 53.5. The minimum Gasteiger partial charge on any atom is -0.472 e. The average molecular weight is 795 g/mol. The van der Waals surface area contributed by atoms with Gasteiger partial charge in [0.15, 0.2) is 29.0 Å². The number of aliphatic hydroxyl groups excluding tert-OH is 1. The Balaban J connectivity index is 1.82. The number of carbonyl (C=O) groups excluding carboxylic acids is 7. The SMILES string of the molecule is COC(=O)[C@H](OC(C)=O)[C@H]1[C@@]2(C)C[C@]3(O)[C@@](O)([C@@H](O)[C@]45OC(=O)C[C@@H]4[C@](C)([C@@H](OC(C)=O)c4ccoc4)[C@@H](OC(C)=O)[C@@H](OC(C)=O)[C@]5(O)[C@]13C)[C@H]2OC(C)=O. The summed E-state index contributed by atoms with van der Waals surface area (Å²) in [7, 11) is 0.955. The van der Waals surface area contributed by atoms with E-state index in [2.05, 4.69) is 0 Å². The molecule has 1 aromatic heterocycles. The van der Waals surface area contributed by atoms with Crippen LogP contribution >= 0.6 is 0 Å².